The Morgan fingerprint density at radius 2 is 2.35 bits per heavy atom. The van der Waals surface area contributed by atoms with Crippen LogP contribution < -0.4 is 5.73 Å². The minimum atomic E-state index is 0.00330. The largest absolute Gasteiger partial charge is 0.399 e. The normalized spacial score (nSPS) is 19.6. The summed E-state index contributed by atoms with van der Waals surface area (Å²) >= 11 is 0. The molecule has 0 radical (unpaired) electrons. The fourth-order valence-electron chi connectivity index (χ4n) is 2.33. The van der Waals surface area contributed by atoms with Crippen LogP contribution in [0.1, 0.15) is 18.4 Å². The van der Waals surface area contributed by atoms with E-state index in [1.165, 1.54) is 0 Å². The molecule has 2 rings (SSSR count). The number of aliphatic hydroxyl groups is 1. The summed E-state index contributed by atoms with van der Waals surface area (Å²) in [5.41, 5.74) is 7.28. The Bertz CT molecular complexity index is 406. The van der Waals surface area contributed by atoms with Gasteiger partial charge in [-0.05, 0) is 30.5 Å². The van der Waals surface area contributed by atoms with Gasteiger partial charge in [0.2, 0.25) is 5.91 Å². The Morgan fingerprint density at radius 1 is 1.53 bits per heavy atom. The minimum Gasteiger partial charge on any atom is -0.399 e. The highest BCUT2D eigenvalue weighted by molar-refractivity contribution is 5.79. The highest BCUT2D eigenvalue weighted by Crippen LogP contribution is 2.18. The predicted molar refractivity (Wildman–Crippen MR) is 66.4 cm³/mol. The van der Waals surface area contributed by atoms with Crippen molar-refractivity contribution in [2.45, 2.75) is 25.3 Å². The van der Waals surface area contributed by atoms with Gasteiger partial charge in [0.15, 0.2) is 0 Å². The van der Waals surface area contributed by atoms with Crippen LogP contribution in [0.3, 0.4) is 0 Å². The number of hydrogen-bond donors (Lipinski definition) is 2. The lowest BCUT2D eigenvalue weighted by Crippen LogP contribution is -2.38. The highest BCUT2D eigenvalue weighted by Gasteiger charge is 2.27. The molecular formula is C13H18N2O2. The number of nitrogen functional groups attached to an aromatic ring is 1. The number of likely N-dealkylation sites (tertiary alicyclic amines) is 1. The Labute approximate surface area is 101 Å². The van der Waals surface area contributed by atoms with Gasteiger partial charge in [-0.15, -0.1) is 0 Å². The molecule has 1 heterocycles. The van der Waals surface area contributed by atoms with Crippen LogP contribution in [0.2, 0.25) is 0 Å². The van der Waals surface area contributed by atoms with Crippen LogP contribution in [-0.4, -0.2) is 35.1 Å². The molecule has 0 spiro atoms. The fraction of sp³-hybridized carbons (Fsp3) is 0.462. The van der Waals surface area contributed by atoms with Crippen LogP contribution >= 0.6 is 0 Å². The summed E-state index contributed by atoms with van der Waals surface area (Å²) in [5.74, 6) is 0.0761. The third-order valence-electron chi connectivity index (χ3n) is 3.21. The molecule has 17 heavy (non-hydrogen) atoms. The van der Waals surface area contributed by atoms with E-state index in [1.54, 1.807) is 11.0 Å². The predicted octanol–water partition coefficient (Wildman–Crippen LogP) is 0.795. The van der Waals surface area contributed by atoms with E-state index in [9.17, 15) is 9.90 Å². The van der Waals surface area contributed by atoms with Crippen molar-refractivity contribution in [3.63, 3.8) is 0 Å². The number of benzene rings is 1. The van der Waals surface area contributed by atoms with Crippen molar-refractivity contribution in [2.24, 2.45) is 0 Å². The molecule has 1 atom stereocenters. The summed E-state index contributed by atoms with van der Waals surface area (Å²) in [6.45, 7) is 0.815. The standard InChI is InChI=1S/C13H18N2O2/c14-11-4-1-3-10(7-11)8-13(17)15-6-2-5-12(15)9-16/h1,3-4,7,12,16H,2,5-6,8-9,14H2/t12-/m1/s1. The first-order chi connectivity index (χ1) is 8.20. The van der Waals surface area contributed by atoms with Gasteiger partial charge in [-0.25, -0.2) is 0 Å². The number of amides is 1. The number of aliphatic hydroxyl groups excluding tert-OH is 1. The van der Waals surface area contributed by atoms with E-state index in [-0.39, 0.29) is 18.6 Å². The second-order valence-corrected chi connectivity index (χ2v) is 4.49. The van der Waals surface area contributed by atoms with Gasteiger partial charge in [0.25, 0.3) is 0 Å². The summed E-state index contributed by atoms with van der Waals surface area (Å²) in [5, 5.41) is 9.18. The maximum Gasteiger partial charge on any atom is 0.227 e. The first-order valence-corrected chi connectivity index (χ1v) is 5.95. The quantitative estimate of drug-likeness (QED) is 0.760. The number of carbonyl (C=O) groups excluding carboxylic acids is 1. The van der Waals surface area contributed by atoms with Crippen molar-refractivity contribution >= 4 is 11.6 Å². The van der Waals surface area contributed by atoms with Crippen molar-refractivity contribution in [3.8, 4) is 0 Å². The fourth-order valence-corrected chi connectivity index (χ4v) is 2.33. The molecule has 1 aromatic carbocycles. The highest BCUT2D eigenvalue weighted by atomic mass is 16.3. The SMILES string of the molecule is Nc1cccc(CC(=O)N2CCC[C@@H]2CO)c1. The number of rotatable bonds is 3. The van der Waals surface area contributed by atoms with E-state index < -0.39 is 0 Å². The van der Waals surface area contributed by atoms with Crippen LogP contribution in [0.5, 0.6) is 0 Å². The first kappa shape index (κ1) is 11.9. The van der Waals surface area contributed by atoms with Crippen LogP contribution in [0, 0.1) is 0 Å². The molecule has 0 bridgehead atoms. The second-order valence-electron chi connectivity index (χ2n) is 4.49. The number of hydrogen-bond acceptors (Lipinski definition) is 3. The monoisotopic (exact) mass is 234 g/mol. The summed E-state index contributed by atoms with van der Waals surface area (Å²) < 4.78 is 0. The lowest BCUT2D eigenvalue weighted by molar-refractivity contribution is -0.131. The maximum absolute atomic E-state index is 12.1. The van der Waals surface area contributed by atoms with Crippen LogP contribution in [0.25, 0.3) is 0 Å². The molecule has 1 amide bonds. The van der Waals surface area contributed by atoms with Crippen molar-refractivity contribution in [1.82, 2.24) is 4.90 Å². The van der Waals surface area contributed by atoms with Crippen LogP contribution in [0.4, 0.5) is 5.69 Å². The van der Waals surface area contributed by atoms with E-state index >= 15 is 0 Å². The molecule has 3 N–H and O–H groups in total. The zero-order valence-electron chi connectivity index (χ0n) is 9.80. The first-order valence-electron chi connectivity index (χ1n) is 5.95. The molecule has 4 nitrogen and oxygen atoms in total. The van der Waals surface area contributed by atoms with Crippen molar-refractivity contribution in [2.75, 3.05) is 18.9 Å². The van der Waals surface area contributed by atoms with Crippen molar-refractivity contribution in [1.29, 1.82) is 0 Å². The average Bonchev–Trinajstić information content (AvgIpc) is 2.77. The van der Waals surface area contributed by atoms with Gasteiger partial charge in [-0.3, -0.25) is 4.79 Å². The van der Waals surface area contributed by atoms with Gasteiger partial charge >= 0.3 is 0 Å². The molecule has 0 saturated carbocycles. The number of nitrogens with zero attached hydrogens (tertiary/aromatic N) is 1. The van der Waals surface area contributed by atoms with Crippen LogP contribution in [-0.2, 0) is 11.2 Å². The maximum atomic E-state index is 12.1. The van der Waals surface area contributed by atoms with E-state index in [2.05, 4.69) is 0 Å². The Morgan fingerprint density at radius 3 is 3.06 bits per heavy atom. The van der Waals surface area contributed by atoms with Gasteiger partial charge in [0.1, 0.15) is 0 Å². The van der Waals surface area contributed by atoms with Gasteiger partial charge in [0.05, 0.1) is 19.1 Å². The molecule has 4 heteroatoms. The molecule has 0 unspecified atom stereocenters. The third-order valence-corrected chi connectivity index (χ3v) is 3.21. The third kappa shape index (κ3) is 2.77. The van der Waals surface area contributed by atoms with Crippen molar-refractivity contribution < 1.29 is 9.90 Å². The lowest BCUT2D eigenvalue weighted by atomic mass is 10.1. The molecule has 0 aliphatic carbocycles. The van der Waals surface area contributed by atoms with E-state index in [4.69, 9.17) is 5.73 Å². The second kappa shape index (κ2) is 5.19. The molecule has 1 aliphatic rings. The number of nitrogens with two attached hydrogens (primary N) is 1. The summed E-state index contributed by atoms with van der Waals surface area (Å²) in [6.07, 6.45) is 2.24. The molecule has 1 saturated heterocycles. The molecule has 92 valence electrons. The Hall–Kier alpha value is -1.55. The summed E-state index contributed by atoms with van der Waals surface area (Å²) in [4.78, 5) is 13.9. The average molecular weight is 234 g/mol. The Balaban J connectivity index is 2.01. The lowest BCUT2D eigenvalue weighted by Gasteiger charge is -2.23. The number of anilines is 1. The van der Waals surface area contributed by atoms with E-state index in [0.717, 1.165) is 24.9 Å². The molecule has 0 aromatic heterocycles. The van der Waals surface area contributed by atoms with Crippen molar-refractivity contribution in [3.05, 3.63) is 29.8 Å². The van der Waals surface area contributed by atoms with Gasteiger partial charge < -0.3 is 15.7 Å². The molecule has 1 fully saturated rings. The summed E-state index contributed by atoms with van der Waals surface area (Å²) in [6, 6.07) is 7.38. The molecule has 1 aliphatic heterocycles. The summed E-state index contributed by atoms with van der Waals surface area (Å²) in [7, 11) is 0. The van der Waals surface area contributed by atoms with Gasteiger partial charge in [-0.2, -0.15) is 0 Å². The topological polar surface area (TPSA) is 66.6 Å². The van der Waals surface area contributed by atoms with Crippen LogP contribution in [0.15, 0.2) is 24.3 Å². The zero-order valence-corrected chi connectivity index (χ0v) is 9.80. The van der Waals surface area contributed by atoms with E-state index in [1.807, 2.05) is 18.2 Å². The smallest absolute Gasteiger partial charge is 0.227 e. The number of carbonyl (C=O) groups is 1. The zero-order chi connectivity index (χ0) is 12.3. The minimum absolute atomic E-state index is 0.00330. The van der Waals surface area contributed by atoms with Gasteiger partial charge in [0, 0.05) is 12.2 Å². The molecule has 1 aromatic rings. The van der Waals surface area contributed by atoms with E-state index in [0.29, 0.717) is 12.1 Å². The Kier molecular flexibility index (Phi) is 3.64. The van der Waals surface area contributed by atoms with Gasteiger partial charge in [-0.1, -0.05) is 12.1 Å². The molecular weight excluding hydrogens is 216 g/mol.